The highest BCUT2D eigenvalue weighted by molar-refractivity contribution is 5.93. The lowest BCUT2D eigenvalue weighted by Gasteiger charge is -2.26. The summed E-state index contributed by atoms with van der Waals surface area (Å²) >= 11 is 0. The van der Waals surface area contributed by atoms with E-state index in [9.17, 15) is 22.8 Å². The third-order valence-electron chi connectivity index (χ3n) is 3.00. The zero-order valence-corrected chi connectivity index (χ0v) is 10.5. The van der Waals surface area contributed by atoms with E-state index in [0.29, 0.717) is 19.4 Å². The van der Waals surface area contributed by atoms with Crippen LogP contribution in [0.1, 0.15) is 18.4 Å². The van der Waals surface area contributed by atoms with E-state index in [1.165, 1.54) is 17.0 Å². The van der Waals surface area contributed by atoms with Gasteiger partial charge in [0.25, 0.3) is 0 Å². The highest BCUT2D eigenvalue weighted by atomic mass is 19.4. The lowest BCUT2D eigenvalue weighted by atomic mass is 10.1. The second kappa shape index (κ2) is 5.52. The van der Waals surface area contributed by atoms with Gasteiger partial charge < -0.3 is 10.2 Å². The number of likely N-dealkylation sites (tertiary alicyclic amines) is 1. The number of anilines is 1. The van der Waals surface area contributed by atoms with Gasteiger partial charge in [0.05, 0.1) is 12.1 Å². The fraction of sp³-hybridized carbons (Fsp3) is 0.385. The molecule has 1 aliphatic heterocycles. The summed E-state index contributed by atoms with van der Waals surface area (Å²) in [7, 11) is 0. The van der Waals surface area contributed by atoms with Crippen molar-refractivity contribution in [2.24, 2.45) is 0 Å². The number of ketones is 1. The summed E-state index contributed by atoms with van der Waals surface area (Å²) in [4.78, 5) is 24.4. The Hall–Kier alpha value is -2.05. The number of rotatable bonds is 1. The van der Waals surface area contributed by atoms with E-state index in [2.05, 4.69) is 5.32 Å². The van der Waals surface area contributed by atoms with Crippen LogP contribution < -0.4 is 5.32 Å². The lowest BCUT2D eigenvalue weighted by molar-refractivity contribution is -0.137. The average Bonchev–Trinajstić information content (AvgIpc) is 2.38. The molecule has 0 radical (unpaired) electrons. The van der Waals surface area contributed by atoms with Gasteiger partial charge in [-0.2, -0.15) is 13.2 Å². The van der Waals surface area contributed by atoms with Crippen LogP contribution in [0.4, 0.5) is 23.7 Å². The third-order valence-corrected chi connectivity index (χ3v) is 3.00. The molecule has 1 fully saturated rings. The fourth-order valence-electron chi connectivity index (χ4n) is 1.96. The number of hydrogen-bond acceptors (Lipinski definition) is 2. The minimum Gasteiger partial charge on any atom is -0.317 e. The van der Waals surface area contributed by atoms with Crippen LogP contribution >= 0.6 is 0 Å². The van der Waals surface area contributed by atoms with Crippen LogP contribution in [-0.4, -0.2) is 29.8 Å². The largest absolute Gasteiger partial charge is 0.416 e. The number of amides is 2. The van der Waals surface area contributed by atoms with Crippen LogP contribution in [0.5, 0.6) is 0 Å². The van der Waals surface area contributed by atoms with Crippen molar-refractivity contribution in [1.82, 2.24) is 4.90 Å². The topological polar surface area (TPSA) is 49.4 Å². The van der Waals surface area contributed by atoms with Crippen molar-refractivity contribution >= 4 is 17.5 Å². The smallest absolute Gasteiger partial charge is 0.317 e. The number of carbonyl (C=O) groups excluding carboxylic acids is 2. The highest BCUT2D eigenvalue weighted by Gasteiger charge is 2.30. The van der Waals surface area contributed by atoms with Gasteiger partial charge in [-0.1, -0.05) is 0 Å². The van der Waals surface area contributed by atoms with Crippen molar-refractivity contribution < 1.29 is 22.8 Å². The Morgan fingerprint density at radius 3 is 2.40 bits per heavy atom. The van der Waals surface area contributed by atoms with Gasteiger partial charge in [-0.15, -0.1) is 0 Å². The van der Waals surface area contributed by atoms with E-state index in [-0.39, 0.29) is 18.0 Å². The number of nitrogens with one attached hydrogen (secondary N) is 1. The molecule has 1 aromatic rings. The molecule has 0 spiro atoms. The van der Waals surface area contributed by atoms with Crippen LogP contribution in [0, 0.1) is 0 Å². The summed E-state index contributed by atoms with van der Waals surface area (Å²) in [5.41, 5.74) is -0.510. The van der Waals surface area contributed by atoms with Crippen LogP contribution in [-0.2, 0) is 11.0 Å². The molecule has 7 heteroatoms. The first kappa shape index (κ1) is 14.4. The highest BCUT2D eigenvalue weighted by Crippen LogP contribution is 2.29. The molecule has 0 unspecified atom stereocenters. The van der Waals surface area contributed by atoms with E-state index < -0.39 is 17.8 Å². The SMILES string of the molecule is O=C1CCCN(C(=O)Nc2ccc(C(F)(F)F)cc2)C1. The summed E-state index contributed by atoms with van der Waals surface area (Å²) < 4.78 is 37.1. The Kier molecular flexibility index (Phi) is 3.96. The molecular formula is C13H13F3N2O2. The summed E-state index contributed by atoms with van der Waals surface area (Å²) in [6.45, 7) is 0.519. The minimum atomic E-state index is -4.40. The number of nitrogens with zero attached hydrogens (tertiary/aromatic N) is 1. The molecular weight excluding hydrogens is 273 g/mol. The molecule has 0 aliphatic carbocycles. The number of benzene rings is 1. The zero-order chi connectivity index (χ0) is 14.8. The molecule has 2 rings (SSSR count). The molecule has 108 valence electrons. The van der Waals surface area contributed by atoms with Crippen LogP contribution in [0.25, 0.3) is 0 Å². The first-order chi connectivity index (χ1) is 9.36. The first-order valence-electron chi connectivity index (χ1n) is 6.11. The normalized spacial score (nSPS) is 16.1. The molecule has 20 heavy (non-hydrogen) atoms. The maximum absolute atomic E-state index is 12.4. The van der Waals surface area contributed by atoms with E-state index in [1.807, 2.05) is 0 Å². The molecule has 0 bridgehead atoms. The third kappa shape index (κ3) is 3.49. The lowest BCUT2D eigenvalue weighted by Crippen LogP contribution is -2.42. The van der Waals surface area contributed by atoms with Gasteiger partial charge in [0, 0.05) is 18.7 Å². The van der Waals surface area contributed by atoms with E-state index >= 15 is 0 Å². The molecule has 0 aromatic heterocycles. The second-order valence-electron chi connectivity index (χ2n) is 4.57. The van der Waals surface area contributed by atoms with Crippen molar-refractivity contribution in [3.8, 4) is 0 Å². The quantitative estimate of drug-likeness (QED) is 0.863. The van der Waals surface area contributed by atoms with Crippen molar-refractivity contribution in [2.45, 2.75) is 19.0 Å². The molecule has 1 saturated heterocycles. The van der Waals surface area contributed by atoms with Crippen molar-refractivity contribution in [3.63, 3.8) is 0 Å². The van der Waals surface area contributed by atoms with Gasteiger partial charge in [0.15, 0.2) is 5.78 Å². The summed E-state index contributed by atoms with van der Waals surface area (Å²) in [6.07, 6.45) is -3.33. The number of piperidine rings is 1. The van der Waals surface area contributed by atoms with Crippen molar-refractivity contribution in [3.05, 3.63) is 29.8 Å². The van der Waals surface area contributed by atoms with Gasteiger partial charge in [-0.25, -0.2) is 4.79 Å². The van der Waals surface area contributed by atoms with Crippen LogP contribution in [0.15, 0.2) is 24.3 Å². The predicted molar refractivity (Wildman–Crippen MR) is 66.3 cm³/mol. The summed E-state index contributed by atoms with van der Waals surface area (Å²) in [5.74, 6) is -0.0150. The van der Waals surface area contributed by atoms with Crippen LogP contribution in [0.2, 0.25) is 0 Å². The maximum atomic E-state index is 12.4. The molecule has 1 aromatic carbocycles. The molecule has 1 N–H and O–H groups in total. The number of hydrogen-bond donors (Lipinski definition) is 1. The molecule has 0 saturated carbocycles. The standard InChI is InChI=1S/C13H13F3N2O2/c14-13(15,16)9-3-5-10(6-4-9)17-12(20)18-7-1-2-11(19)8-18/h3-6H,1-2,7-8H2,(H,17,20). The Balaban J connectivity index is 1.99. The van der Waals surface area contributed by atoms with E-state index in [4.69, 9.17) is 0 Å². The van der Waals surface area contributed by atoms with Gasteiger partial charge in [-0.3, -0.25) is 4.79 Å². The van der Waals surface area contributed by atoms with E-state index in [0.717, 1.165) is 12.1 Å². The molecule has 1 heterocycles. The minimum absolute atomic E-state index is 0.0150. The Bertz CT molecular complexity index is 511. The molecule has 1 aliphatic rings. The Morgan fingerprint density at radius 2 is 1.85 bits per heavy atom. The molecule has 0 atom stereocenters. The Morgan fingerprint density at radius 1 is 1.20 bits per heavy atom. The summed E-state index contributed by atoms with van der Waals surface area (Å²) in [5, 5.41) is 2.48. The van der Waals surface area contributed by atoms with Crippen molar-refractivity contribution in [1.29, 1.82) is 0 Å². The van der Waals surface area contributed by atoms with Gasteiger partial charge in [-0.05, 0) is 30.7 Å². The number of carbonyl (C=O) groups is 2. The zero-order valence-electron chi connectivity index (χ0n) is 10.5. The van der Waals surface area contributed by atoms with Crippen molar-refractivity contribution in [2.75, 3.05) is 18.4 Å². The number of Topliss-reactive ketones (excluding diaryl/α,β-unsaturated/α-hetero) is 1. The Labute approximate surface area is 113 Å². The predicted octanol–water partition coefficient (Wildman–Crippen LogP) is 2.90. The van der Waals surface area contributed by atoms with Gasteiger partial charge in [0.1, 0.15) is 0 Å². The average molecular weight is 286 g/mol. The number of urea groups is 1. The number of alkyl halides is 3. The number of halogens is 3. The maximum Gasteiger partial charge on any atom is 0.416 e. The summed E-state index contributed by atoms with van der Waals surface area (Å²) in [6, 6.07) is 3.70. The monoisotopic (exact) mass is 286 g/mol. The van der Waals surface area contributed by atoms with Gasteiger partial charge in [0.2, 0.25) is 0 Å². The van der Waals surface area contributed by atoms with Crippen LogP contribution in [0.3, 0.4) is 0 Å². The first-order valence-corrected chi connectivity index (χ1v) is 6.11. The fourth-order valence-corrected chi connectivity index (χ4v) is 1.96. The van der Waals surface area contributed by atoms with E-state index in [1.54, 1.807) is 0 Å². The molecule has 2 amide bonds. The molecule has 4 nitrogen and oxygen atoms in total. The second-order valence-corrected chi connectivity index (χ2v) is 4.57. The van der Waals surface area contributed by atoms with Gasteiger partial charge >= 0.3 is 12.2 Å².